The highest BCUT2D eigenvalue weighted by Crippen LogP contribution is 2.35. The molecule has 0 aliphatic heterocycles. The van der Waals surface area contributed by atoms with Gasteiger partial charge >= 0.3 is 0 Å². The molecule has 0 aliphatic carbocycles. The summed E-state index contributed by atoms with van der Waals surface area (Å²) in [6.45, 7) is 3.93. The number of fused-ring (bicyclic) bond motifs is 1. The molecule has 0 saturated heterocycles. The van der Waals surface area contributed by atoms with Gasteiger partial charge in [0.1, 0.15) is 5.75 Å². The van der Waals surface area contributed by atoms with Crippen molar-refractivity contribution in [2.45, 2.75) is 19.4 Å². The minimum Gasteiger partial charge on any atom is -0.507 e. The van der Waals surface area contributed by atoms with Gasteiger partial charge in [-0.2, -0.15) is 0 Å². The predicted octanol–water partition coefficient (Wildman–Crippen LogP) is 2.80. The Hall–Kier alpha value is -1.06. The van der Waals surface area contributed by atoms with Gasteiger partial charge in [0.2, 0.25) is 0 Å². The highest BCUT2D eigenvalue weighted by atomic mass is 32.1. The molecule has 1 aromatic carbocycles. The number of hydrogen-bond acceptors (Lipinski definition) is 3. The maximum absolute atomic E-state index is 9.62. The zero-order chi connectivity index (χ0) is 10.3. The zero-order valence-electron chi connectivity index (χ0n) is 8.24. The molecule has 0 amide bonds. The number of hydrogen-bond donors (Lipinski definition) is 2. The monoisotopic (exact) mass is 207 g/mol. The van der Waals surface area contributed by atoms with Crippen LogP contribution in [-0.2, 0) is 5.54 Å². The standard InChI is InChI=1S/C11H13NOS/c1-11(2,12)10-6-7-8(13)4-3-5-9(7)14-10/h3-6,13H,12H2,1-2H3. The average molecular weight is 207 g/mol. The second kappa shape index (κ2) is 2.97. The first-order valence-corrected chi connectivity index (χ1v) is 5.31. The van der Waals surface area contributed by atoms with E-state index in [4.69, 9.17) is 5.73 Å². The summed E-state index contributed by atoms with van der Waals surface area (Å²) in [4.78, 5) is 1.09. The number of rotatable bonds is 1. The van der Waals surface area contributed by atoms with Gasteiger partial charge in [-0.3, -0.25) is 0 Å². The van der Waals surface area contributed by atoms with Gasteiger partial charge in [0, 0.05) is 20.5 Å². The molecule has 74 valence electrons. The highest BCUT2D eigenvalue weighted by molar-refractivity contribution is 7.19. The van der Waals surface area contributed by atoms with E-state index in [9.17, 15) is 5.11 Å². The third kappa shape index (κ3) is 1.49. The van der Waals surface area contributed by atoms with E-state index in [1.807, 2.05) is 32.0 Å². The van der Waals surface area contributed by atoms with Crippen molar-refractivity contribution in [3.05, 3.63) is 29.1 Å². The molecule has 0 aliphatic rings. The van der Waals surface area contributed by atoms with Gasteiger partial charge in [0.25, 0.3) is 0 Å². The molecular formula is C11H13NOS. The van der Waals surface area contributed by atoms with E-state index >= 15 is 0 Å². The first kappa shape index (κ1) is 9.49. The lowest BCUT2D eigenvalue weighted by Gasteiger charge is -2.15. The molecule has 0 radical (unpaired) electrons. The maximum atomic E-state index is 9.62. The van der Waals surface area contributed by atoms with Crippen molar-refractivity contribution in [2.24, 2.45) is 5.73 Å². The van der Waals surface area contributed by atoms with Crippen molar-refractivity contribution in [1.29, 1.82) is 0 Å². The summed E-state index contributed by atoms with van der Waals surface area (Å²) in [5.74, 6) is 0.328. The molecule has 2 rings (SSSR count). The fourth-order valence-electron chi connectivity index (χ4n) is 1.36. The lowest BCUT2D eigenvalue weighted by atomic mass is 10.0. The van der Waals surface area contributed by atoms with Gasteiger partial charge in [-0.1, -0.05) is 6.07 Å². The summed E-state index contributed by atoms with van der Waals surface area (Å²) >= 11 is 1.63. The minimum atomic E-state index is -0.337. The quantitative estimate of drug-likeness (QED) is 0.755. The van der Waals surface area contributed by atoms with Crippen LogP contribution in [0.5, 0.6) is 5.75 Å². The predicted molar refractivity (Wildman–Crippen MR) is 60.7 cm³/mol. The lowest BCUT2D eigenvalue weighted by Crippen LogP contribution is -2.27. The van der Waals surface area contributed by atoms with E-state index in [-0.39, 0.29) is 5.54 Å². The van der Waals surface area contributed by atoms with Crippen molar-refractivity contribution >= 4 is 21.4 Å². The Morgan fingerprint density at radius 2 is 2.07 bits per heavy atom. The Morgan fingerprint density at radius 3 is 2.64 bits per heavy atom. The van der Waals surface area contributed by atoms with E-state index in [0.717, 1.165) is 15.0 Å². The summed E-state index contributed by atoms with van der Waals surface area (Å²) in [6.07, 6.45) is 0. The van der Waals surface area contributed by atoms with E-state index in [0.29, 0.717) is 5.75 Å². The summed E-state index contributed by atoms with van der Waals surface area (Å²) in [7, 11) is 0. The van der Waals surface area contributed by atoms with E-state index in [1.54, 1.807) is 17.4 Å². The van der Waals surface area contributed by atoms with Crippen LogP contribution in [0.2, 0.25) is 0 Å². The third-order valence-corrected chi connectivity index (χ3v) is 3.61. The van der Waals surface area contributed by atoms with Gasteiger partial charge in [-0.05, 0) is 32.0 Å². The number of nitrogens with two attached hydrogens (primary N) is 1. The second-order valence-electron chi connectivity index (χ2n) is 4.02. The Labute approximate surface area is 87.0 Å². The Kier molecular flexibility index (Phi) is 2.01. The van der Waals surface area contributed by atoms with Crippen molar-refractivity contribution in [2.75, 3.05) is 0 Å². The number of benzene rings is 1. The van der Waals surface area contributed by atoms with E-state index in [2.05, 4.69) is 0 Å². The Balaban J connectivity index is 2.69. The van der Waals surface area contributed by atoms with Crippen molar-refractivity contribution in [3.63, 3.8) is 0 Å². The van der Waals surface area contributed by atoms with Gasteiger partial charge in [0.05, 0.1) is 0 Å². The van der Waals surface area contributed by atoms with Crippen LogP contribution in [0.25, 0.3) is 10.1 Å². The summed E-state index contributed by atoms with van der Waals surface area (Å²) in [5.41, 5.74) is 5.66. The van der Waals surface area contributed by atoms with Crippen LogP contribution in [0.1, 0.15) is 18.7 Å². The first-order chi connectivity index (χ1) is 6.48. The van der Waals surface area contributed by atoms with Crippen LogP contribution >= 0.6 is 11.3 Å². The lowest BCUT2D eigenvalue weighted by molar-refractivity contribution is 0.481. The molecule has 0 bridgehead atoms. The summed E-state index contributed by atoms with van der Waals surface area (Å²) < 4.78 is 1.08. The molecule has 0 unspecified atom stereocenters. The fraction of sp³-hybridized carbons (Fsp3) is 0.273. The van der Waals surface area contributed by atoms with Gasteiger partial charge in [0.15, 0.2) is 0 Å². The third-order valence-electron chi connectivity index (χ3n) is 2.17. The minimum absolute atomic E-state index is 0.328. The SMILES string of the molecule is CC(C)(N)c1cc2c(O)cccc2s1. The van der Waals surface area contributed by atoms with Gasteiger partial charge < -0.3 is 10.8 Å². The fourth-order valence-corrected chi connectivity index (χ4v) is 2.46. The van der Waals surface area contributed by atoms with Crippen LogP contribution in [0.4, 0.5) is 0 Å². The molecule has 1 aromatic heterocycles. The van der Waals surface area contributed by atoms with Crippen molar-refractivity contribution < 1.29 is 5.11 Å². The number of thiophene rings is 1. The van der Waals surface area contributed by atoms with Crippen LogP contribution < -0.4 is 5.73 Å². The Bertz CT molecular complexity index is 468. The molecule has 2 aromatic rings. The molecule has 2 nitrogen and oxygen atoms in total. The van der Waals surface area contributed by atoms with Crippen LogP contribution in [0, 0.1) is 0 Å². The topological polar surface area (TPSA) is 46.2 Å². The van der Waals surface area contributed by atoms with Crippen LogP contribution in [0.15, 0.2) is 24.3 Å². The largest absolute Gasteiger partial charge is 0.507 e. The normalized spacial score (nSPS) is 12.2. The summed E-state index contributed by atoms with van der Waals surface area (Å²) in [5, 5.41) is 10.5. The number of phenolic OH excluding ortho intramolecular Hbond substituents is 1. The molecule has 14 heavy (non-hydrogen) atoms. The van der Waals surface area contributed by atoms with E-state index < -0.39 is 0 Å². The smallest absolute Gasteiger partial charge is 0.124 e. The molecule has 0 saturated carbocycles. The van der Waals surface area contributed by atoms with Gasteiger partial charge in [-0.15, -0.1) is 11.3 Å². The molecule has 3 heteroatoms. The molecule has 0 fully saturated rings. The number of phenols is 1. The van der Waals surface area contributed by atoms with E-state index in [1.165, 1.54) is 0 Å². The molecule has 3 N–H and O–H groups in total. The second-order valence-corrected chi connectivity index (χ2v) is 5.11. The molecule has 0 spiro atoms. The summed E-state index contributed by atoms with van der Waals surface area (Å²) in [6, 6.07) is 7.51. The highest BCUT2D eigenvalue weighted by Gasteiger charge is 2.17. The van der Waals surface area contributed by atoms with Crippen LogP contribution in [0.3, 0.4) is 0 Å². The van der Waals surface area contributed by atoms with Crippen LogP contribution in [-0.4, -0.2) is 5.11 Å². The molecule has 0 atom stereocenters. The Morgan fingerprint density at radius 1 is 1.36 bits per heavy atom. The van der Waals surface area contributed by atoms with Crippen molar-refractivity contribution in [3.8, 4) is 5.75 Å². The number of aromatic hydroxyl groups is 1. The maximum Gasteiger partial charge on any atom is 0.124 e. The zero-order valence-corrected chi connectivity index (χ0v) is 9.06. The molecule has 1 heterocycles. The first-order valence-electron chi connectivity index (χ1n) is 4.49. The molecular weight excluding hydrogens is 194 g/mol. The average Bonchev–Trinajstić information content (AvgIpc) is 2.48. The van der Waals surface area contributed by atoms with Gasteiger partial charge in [-0.25, -0.2) is 0 Å². The van der Waals surface area contributed by atoms with Crippen molar-refractivity contribution in [1.82, 2.24) is 0 Å².